The number of thiocarbonyl (C=S) groups is 1. The van der Waals surface area contributed by atoms with Crippen molar-refractivity contribution in [1.82, 2.24) is 9.47 Å². The summed E-state index contributed by atoms with van der Waals surface area (Å²) in [7, 11) is 0. The van der Waals surface area contributed by atoms with Crippen molar-refractivity contribution < 1.29 is 4.79 Å². The molecule has 2 aromatic rings. The summed E-state index contributed by atoms with van der Waals surface area (Å²) in [5, 5.41) is 1.10. The average molecular weight is 504 g/mol. The van der Waals surface area contributed by atoms with Crippen LogP contribution in [-0.4, -0.2) is 32.8 Å². The van der Waals surface area contributed by atoms with Gasteiger partial charge in [0.2, 0.25) is 0 Å². The Morgan fingerprint density at radius 2 is 1.62 bits per heavy atom. The second-order valence-corrected chi connectivity index (χ2v) is 11.2. The number of fused-ring (bicyclic) bond motifs is 1. The molecule has 0 atom stereocenters. The van der Waals surface area contributed by atoms with Crippen LogP contribution in [0.2, 0.25) is 0 Å². The maximum Gasteiger partial charge on any atom is 0.269 e. The number of amides is 1. The monoisotopic (exact) mass is 503 g/mol. The molecule has 1 aromatic carbocycles. The summed E-state index contributed by atoms with van der Waals surface area (Å²) in [6.45, 7) is 12.1. The molecule has 32 heavy (non-hydrogen) atoms. The van der Waals surface area contributed by atoms with Crippen molar-refractivity contribution in [3.63, 3.8) is 0 Å². The highest BCUT2D eigenvalue weighted by molar-refractivity contribution is 8.30. The van der Waals surface area contributed by atoms with E-state index in [1.54, 1.807) is 21.2 Å². The van der Waals surface area contributed by atoms with E-state index in [0.717, 1.165) is 11.6 Å². The second kappa shape index (κ2) is 9.21. The van der Waals surface area contributed by atoms with Crippen LogP contribution in [-0.2, 0) is 11.3 Å². The van der Waals surface area contributed by atoms with Gasteiger partial charge in [0.15, 0.2) is 0 Å². The number of anilines is 1. The van der Waals surface area contributed by atoms with Crippen molar-refractivity contribution in [2.75, 3.05) is 18.0 Å². The largest absolute Gasteiger partial charge is 0.335 e. The molecule has 1 amide bonds. The number of benzene rings is 1. The Labute approximate surface area is 205 Å². The first-order chi connectivity index (χ1) is 15.3. The van der Waals surface area contributed by atoms with E-state index >= 15 is 0 Å². The van der Waals surface area contributed by atoms with E-state index in [1.807, 2.05) is 26.0 Å². The molecule has 168 valence electrons. The summed E-state index contributed by atoms with van der Waals surface area (Å²) in [6.07, 6.45) is 3.91. The van der Waals surface area contributed by atoms with Crippen molar-refractivity contribution in [3.05, 3.63) is 53.9 Å². The van der Waals surface area contributed by atoms with Gasteiger partial charge in [-0.3, -0.25) is 19.1 Å². The van der Waals surface area contributed by atoms with Gasteiger partial charge >= 0.3 is 0 Å². The number of hydrogen-bond donors (Lipinski definition) is 0. The van der Waals surface area contributed by atoms with E-state index in [4.69, 9.17) is 12.2 Å². The third kappa shape index (κ3) is 3.89. The predicted molar refractivity (Wildman–Crippen MR) is 142 cm³/mol. The number of aromatic nitrogens is 1. The van der Waals surface area contributed by atoms with Gasteiger partial charge in [-0.2, -0.15) is 0 Å². The summed E-state index contributed by atoms with van der Waals surface area (Å²) < 4.78 is 3.54. The molecule has 0 saturated carbocycles. The van der Waals surface area contributed by atoms with Crippen LogP contribution in [0.3, 0.4) is 0 Å². The SMILES string of the molecule is CCN1C(=O)/C(=c2/s/c(=C\C=C3\Sc4cc(C)c(C)cc4N3CC)c(=O)n2CC)SC1=S. The maximum atomic E-state index is 13.1. The lowest BCUT2D eigenvalue weighted by Crippen LogP contribution is -2.33. The molecule has 0 radical (unpaired) electrons. The first-order valence-electron chi connectivity index (χ1n) is 10.6. The molecule has 0 bridgehead atoms. The summed E-state index contributed by atoms with van der Waals surface area (Å²) in [6, 6.07) is 4.46. The van der Waals surface area contributed by atoms with Gasteiger partial charge in [-0.25, -0.2) is 0 Å². The van der Waals surface area contributed by atoms with Crippen LogP contribution in [0.1, 0.15) is 31.9 Å². The molecule has 1 aromatic heterocycles. The Hall–Kier alpha value is -1.81. The van der Waals surface area contributed by atoms with E-state index in [9.17, 15) is 9.59 Å². The summed E-state index contributed by atoms with van der Waals surface area (Å²) in [5.41, 5.74) is 3.70. The van der Waals surface area contributed by atoms with Crippen LogP contribution in [0.25, 0.3) is 11.0 Å². The topological polar surface area (TPSA) is 45.6 Å². The van der Waals surface area contributed by atoms with Gasteiger partial charge in [0.1, 0.15) is 13.9 Å². The molecular formula is C23H25N3O2S4. The zero-order chi connectivity index (χ0) is 23.2. The van der Waals surface area contributed by atoms with Gasteiger partial charge in [-0.15, -0.1) is 11.3 Å². The van der Waals surface area contributed by atoms with E-state index in [-0.39, 0.29) is 11.5 Å². The smallest absolute Gasteiger partial charge is 0.269 e. The van der Waals surface area contributed by atoms with E-state index in [2.05, 4.69) is 37.8 Å². The Balaban J connectivity index is 1.81. The zero-order valence-electron chi connectivity index (χ0n) is 18.7. The maximum absolute atomic E-state index is 13.1. The van der Waals surface area contributed by atoms with Crippen LogP contribution in [0.5, 0.6) is 0 Å². The number of rotatable bonds is 4. The van der Waals surface area contributed by atoms with Gasteiger partial charge in [0.05, 0.1) is 15.2 Å². The fourth-order valence-corrected chi connectivity index (χ4v) is 7.60. The second-order valence-electron chi connectivity index (χ2n) is 7.49. The lowest BCUT2D eigenvalue weighted by Gasteiger charge is -2.18. The van der Waals surface area contributed by atoms with Crippen LogP contribution in [0.4, 0.5) is 5.69 Å². The molecule has 0 aliphatic carbocycles. The molecule has 2 aliphatic heterocycles. The molecule has 3 heterocycles. The van der Waals surface area contributed by atoms with Crippen LogP contribution in [0.15, 0.2) is 32.9 Å². The van der Waals surface area contributed by atoms with Gasteiger partial charge in [-0.05, 0) is 70.0 Å². The normalized spacial score (nSPS) is 19.7. The van der Waals surface area contributed by atoms with Gasteiger partial charge in [-0.1, -0.05) is 35.7 Å². The third-order valence-electron chi connectivity index (χ3n) is 5.62. The first kappa shape index (κ1) is 23.4. The molecular weight excluding hydrogens is 479 g/mol. The van der Waals surface area contributed by atoms with E-state index in [0.29, 0.717) is 31.5 Å². The molecule has 9 heteroatoms. The minimum atomic E-state index is -0.111. The number of hydrogen-bond acceptors (Lipinski definition) is 7. The fourth-order valence-electron chi connectivity index (χ4n) is 3.74. The van der Waals surface area contributed by atoms with E-state index < -0.39 is 0 Å². The van der Waals surface area contributed by atoms with Gasteiger partial charge in [0, 0.05) is 24.5 Å². The average Bonchev–Trinajstić information content (AvgIpc) is 3.36. The molecule has 2 aliphatic rings. The van der Waals surface area contributed by atoms with Crippen molar-refractivity contribution in [2.45, 2.75) is 46.1 Å². The minimum Gasteiger partial charge on any atom is -0.335 e. The van der Waals surface area contributed by atoms with E-state index in [1.165, 1.54) is 44.8 Å². The Morgan fingerprint density at radius 1 is 0.938 bits per heavy atom. The van der Waals surface area contributed by atoms with Gasteiger partial charge < -0.3 is 4.90 Å². The lowest BCUT2D eigenvalue weighted by atomic mass is 10.1. The standard InChI is InChI=1S/C23H25N3O2S4/c1-6-24-15-11-13(4)14(5)12-17(15)30-18(24)10-9-16-20(27)25(7-2)22(31-16)19-21(28)26(8-3)23(29)32-19/h9-12H,6-8H2,1-5H3/b16-9-,18-10+,22-19-. The first-order valence-corrected chi connectivity index (χ1v) is 13.4. The van der Waals surface area contributed by atoms with Crippen molar-refractivity contribution >= 4 is 74.0 Å². The zero-order valence-corrected chi connectivity index (χ0v) is 22.0. The van der Waals surface area contributed by atoms with Crippen LogP contribution < -0.4 is 19.7 Å². The quantitative estimate of drug-likeness (QED) is 0.592. The molecule has 1 fully saturated rings. The highest BCUT2D eigenvalue weighted by atomic mass is 32.2. The van der Waals surface area contributed by atoms with Crippen LogP contribution >= 0.6 is 47.1 Å². The Morgan fingerprint density at radius 3 is 2.25 bits per heavy atom. The molecule has 0 N–H and O–H groups in total. The molecule has 5 nitrogen and oxygen atoms in total. The summed E-state index contributed by atoms with van der Waals surface area (Å²) >= 11 is 9.73. The Bertz CT molecular complexity index is 1340. The Kier molecular flexibility index (Phi) is 6.72. The number of thiazole rings is 1. The number of nitrogens with zero attached hydrogens (tertiary/aromatic N) is 3. The van der Waals surface area contributed by atoms with Crippen molar-refractivity contribution in [2.24, 2.45) is 0 Å². The lowest BCUT2D eigenvalue weighted by molar-refractivity contribution is -0.120. The van der Waals surface area contributed by atoms with Crippen molar-refractivity contribution in [3.8, 4) is 0 Å². The molecule has 0 spiro atoms. The van der Waals surface area contributed by atoms with Crippen LogP contribution in [0, 0.1) is 13.8 Å². The summed E-state index contributed by atoms with van der Waals surface area (Å²) in [4.78, 5) is 31.6. The molecule has 0 unspecified atom stereocenters. The summed E-state index contributed by atoms with van der Waals surface area (Å²) in [5.74, 6) is -0.111. The highest BCUT2D eigenvalue weighted by Gasteiger charge is 2.32. The number of carbonyl (C=O) groups excluding carboxylic acids is 1. The number of allylic oxidation sites excluding steroid dienone is 1. The fraction of sp³-hybridized carbons (Fsp3) is 0.348. The molecule has 4 rings (SSSR count). The number of aryl methyl sites for hydroxylation is 2. The number of carbonyl (C=O) groups is 1. The molecule has 1 saturated heterocycles. The van der Waals surface area contributed by atoms with Gasteiger partial charge in [0.25, 0.3) is 11.5 Å². The predicted octanol–water partition coefficient (Wildman–Crippen LogP) is 3.79. The third-order valence-corrected chi connectivity index (χ3v) is 9.45. The van der Waals surface area contributed by atoms with Crippen molar-refractivity contribution in [1.29, 1.82) is 0 Å². The minimum absolute atomic E-state index is 0.0682. The highest BCUT2D eigenvalue weighted by Crippen LogP contribution is 2.46. The number of thioether (sulfide) groups is 2.